The van der Waals surface area contributed by atoms with E-state index < -0.39 is 5.60 Å². The van der Waals surface area contributed by atoms with Crippen LogP contribution in [0.2, 0.25) is 0 Å². The lowest BCUT2D eigenvalue weighted by molar-refractivity contribution is 0.0787. The van der Waals surface area contributed by atoms with Crippen LogP contribution in [0.4, 0.5) is 0 Å². The molecule has 0 saturated heterocycles. The summed E-state index contributed by atoms with van der Waals surface area (Å²) in [7, 11) is 0. The number of fused-ring (bicyclic) bond motifs is 1. The average Bonchev–Trinajstić information content (AvgIpc) is 2.96. The van der Waals surface area contributed by atoms with Crippen LogP contribution < -0.4 is 0 Å². The Morgan fingerprint density at radius 1 is 1.38 bits per heavy atom. The van der Waals surface area contributed by atoms with E-state index in [0.717, 1.165) is 22.4 Å². The minimum atomic E-state index is -0.793. The van der Waals surface area contributed by atoms with Gasteiger partial charge in [0.25, 0.3) is 0 Å². The topological polar surface area (TPSA) is 48.9 Å². The van der Waals surface area contributed by atoms with Gasteiger partial charge >= 0.3 is 0 Å². The molecule has 1 aromatic carbocycles. The molecule has 0 aliphatic heterocycles. The van der Waals surface area contributed by atoms with Crippen molar-refractivity contribution in [1.82, 2.24) is 9.97 Å². The van der Waals surface area contributed by atoms with Crippen molar-refractivity contribution in [1.29, 1.82) is 0 Å². The number of imidazole rings is 1. The zero-order valence-corrected chi connectivity index (χ0v) is 9.62. The Morgan fingerprint density at radius 2 is 2.12 bits per heavy atom. The lowest BCUT2D eigenvalue weighted by Gasteiger charge is -2.17. The SMILES string of the molecule is CC(C)(O)c1ccc2nc(C3CC3)[nH]c2c1. The van der Waals surface area contributed by atoms with Crippen LogP contribution in [0.3, 0.4) is 0 Å². The minimum absolute atomic E-state index is 0.637. The monoisotopic (exact) mass is 216 g/mol. The normalized spacial score (nSPS) is 16.9. The van der Waals surface area contributed by atoms with Crippen molar-refractivity contribution in [3.05, 3.63) is 29.6 Å². The van der Waals surface area contributed by atoms with Crippen LogP contribution >= 0.6 is 0 Å². The van der Waals surface area contributed by atoms with Crippen LogP contribution in [-0.4, -0.2) is 15.1 Å². The lowest BCUT2D eigenvalue weighted by Crippen LogP contribution is -2.14. The summed E-state index contributed by atoms with van der Waals surface area (Å²) < 4.78 is 0. The molecule has 16 heavy (non-hydrogen) atoms. The Hall–Kier alpha value is -1.35. The summed E-state index contributed by atoms with van der Waals surface area (Å²) in [6.45, 7) is 3.60. The van der Waals surface area contributed by atoms with Crippen molar-refractivity contribution in [3.8, 4) is 0 Å². The summed E-state index contributed by atoms with van der Waals surface area (Å²) in [5.41, 5.74) is 2.15. The molecule has 0 spiro atoms. The van der Waals surface area contributed by atoms with Crippen LogP contribution in [0, 0.1) is 0 Å². The molecule has 3 heteroatoms. The molecule has 1 aromatic heterocycles. The average molecular weight is 216 g/mol. The van der Waals surface area contributed by atoms with Gasteiger partial charge in [-0.1, -0.05) is 6.07 Å². The van der Waals surface area contributed by atoms with Gasteiger partial charge in [0.15, 0.2) is 0 Å². The Labute approximate surface area is 94.5 Å². The number of H-pyrrole nitrogens is 1. The van der Waals surface area contributed by atoms with E-state index in [9.17, 15) is 5.11 Å². The molecule has 3 rings (SSSR count). The first-order chi connectivity index (χ1) is 7.54. The summed E-state index contributed by atoms with van der Waals surface area (Å²) >= 11 is 0. The fraction of sp³-hybridized carbons (Fsp3) is 0.462. The maximum absolute atomic E-state index is 9.94. The van der Waals surface area contributed by atoms with Crippen molar-refractivity contribution in [2.45, 2.75) is 38.2 Å². The Bertz CT molecular complexity index is 532. The van der Waals surface area contributed by atoms with E-state index in [4.69, 9.17) is 0 Å². The summed E-state index contributed by atoms with van der Waals surface area (Å²) in [6.07, 6.45) is 2.50. The number of rotatable bonds is 2. The molecule has 0 unspecified atom stereocenters. The zero-order valence-electron chi connectivity index (χ0n) is 9.62. The van der Waals surface area contributed by atoms with Crippen molar-refractivity contribution in [3.63, 3.8) is 0 Å². The summed E-state index contributed by atoms with van der Waals surface area (Å²) in [6, 6.07) is 5.92. The quantitative estimate of drug-likeness (QED) is 0.810. The molecular weight excluding hydrogens is 200 g/mol. The smallest absolute Gasteiger partial charge is 0.110 e. The molecule has 0 amide bonds. The summed E-state index contributed by atoms with van der Waals surface area (Å²) in [5.74, 6) is 1.74. The summed E-state index contributed by atoms with van der Waals surface area (Å²) in [5, 5.41) is 9.94. The number of nitrogens with one attached hydrogen (secondary N) is 1. The molecular formula is C13H16N2O. The number of benzene rings is 1. The van der Waals surface area contributed by atoms with Gasteiger partial charge in [0.2, 0.25) is 0 Å². The van der Waals surface area contributed by atoms with Crippen molar-refractivity contribution in [2.24, 2.45) is 0 Å². The molecule has 1 aliphatic rings. The zero-order chi connectivity index (χ0) is 11.3. The van der Waals surface area contributed by atoms with Crippen LogP contribution in [-0.2, 0) is 5.60 Å². The van der Waals surface area contributed by atoms with Crippen molar-refractivity contribution < 1.29 is 5.11 Å². The van der Waals surface area contributed by atoms with Crippen LogP contribution in [0.1, 0.15) is 44.0 Å². The molecule has 1 heterocycles. The maximum Gasteiger partial charge on any atom is 0.110 e. The largest absolute Gasteiger partial charge is 0.386 e. The molecule has 84 valence electrons. The molecule has 1 aliphatic carbocycles. The molecule has 3 nitrogen and oxygen atoms in total. The van der Waals surface area contributed by atoms with Crippen LogP contribution in [0.25, 0.3) is 11.0 Å². The highest BCUT2D eigenvalue weighted by molar-refractivity contribution is 5.76. The number of hydrogen-bond donors (Lipinski definition) is 2. The number of nitrogens with zero attached hydrogens (tertiary/aromatic N) is 1. The Balaban J connectivity index is 2.10. The molecule has 1 saturated carbocycles. The van der Waals surface area contributed by atoms with Crippen molar-refractivity contribution in [2.75, 3.05) is 0 Å². The molecule has 1 fully saturated rings. The van der Waals surface area contributed by atoms with Gasteiger partial charge in [-0.3, -0.25) is 0 Å². The first kappa shape index (κ1) is 9.85. The van der Waals surface area contributed by atoms with Gasteiger partial charge in [-0.2, -0.15) is 0 Å². The third-order valence-corrected chi connectivity index (χ3v) is 3.17. The third-order valence-electron chi connectivity index (χ3n) is 3.17. The summed E-state index contributed by atoms with van der Waals surface area (Å²) in [4.78, 5) is 7.91. The second-order valence-corrected chi connectivity index (χ2v) is 5.19. The van der Waals surface area contributed by atoms with Gasteiger partial charge in [0.1, 0.15) is 5.82 Å². The van der Waals surface area contributed by atoms with Gasteiger partial charge in [0.05, 0.1) is 16.6 Å². The number of hydrogen-bond acceptors (Lipinski definition) is 2. The molecule has 2 N–H and O–H groups in total. The van der Waals surface area contributed by atoms with E-state index in [-0.39, 0.29) is 0 Å². The fourth-order valence-corrected chi connectivity index (χ4v) is 1.96. The number of aliphatic hydroxyl groups is 1. The number of aromatic amines is 1. The minimum Gasteiger partial charge on any atom is -0.386 e. The van der Waals surface area contributed by atoms with E-state index in [1.807, 2.05) is 18.2 Å². The van der Waals surface area contributed by atoms with E-state index in [2.05, 4.69) is 9.97 Å². The predicted molar refractivity (Wildman–Crippen MR) is 63.3 cm³/mol. The molecule has 0 radical (unpaired) electrons. The van der Waals surface area contributed by atoms with E-state index >= 15 is 0 Å². The highest BCUT2D eigenvalue weighted by Gasteiger charge is 2.27. The fourth-order valence-electron chi connectivity index (χ4n) is 1.96. The van der Waals surface area contributed by atoms with E-state index in [1.54, 1.807) is 13.8 Å². The Morgan fingerprint density at radius 3 is 2.75 bits per heavy atom. The highest BCUT2D eigenvalue weighted by atomic mass is 16.3. The first-order valence-electron chi connectivity index (χ1n) is 5.76. The second kappa shape index (κ2) is 3.08. The van der Waals surface area contributed by atoms with Gasteiger partial charge in [-0.05, 0) is 44.4 Å². The Kier molecular flexibility index (Phi) is 1.89. The van der Waals surface area contributed by atoms with Gasteiger partial charge in [-0.15, -0.1) is 0 Å². The van der Waals surface area contributed by atoms with E-state index in [0.29, 0.717) is 5.92 Å². The molecule has 0 atom stereocenters. The van der Waals surface area contributed by atoms with Crippen LogP contribution in [0.5, 0.6) is 0 Å². The number of aromatic nitrogens is 2. The highest BCUT2D eigenvalue weighted by Crippen LogP contribution is 2.39. The van der Waals surface area contributed by atoms with Gasteiger partial charge in [-0.25, -0.2) is 4.98 Å². The maximum atomic E-state index is 9.94. The van der Waals surface area contributed by atoms with Crippen molar-refractivity contribution >= 4 is 11.0 Å². The second-order valence-electron chi connectivity index (χ2n) is 5.19. The van der Waals surface area contributed by atoms with Crippen LogP contribution in [0.15, 0.2) is 18.2 Å². The lowest BCUT2D eigenvalue weighted by atomic mass is 9.98. The predicted octanol–water partition coefficient (Wildman–Crippen LogP) is 2.67. The van der Waals surface area contributed by atoms with Gasteiger partial charge in [0, 0.05) is 5.92 Å². The molecule has 2 aromatic rings. The molecule has 0 bridgehead atoms. The van der Waals surface area contributed by atoms with Gasteiger partial charge < -0.3 is 10.1 Å². The first-order valence-corrected chi connectivity index (χ1v) is 5.76. The standard InChI is InChI=1S/C13H16N2O/c1-13(2,16)9-5-6-10-11(7-9)15-12(14-10)8-3-4-8/h5-8,16H,3-4H2,1-2H3,(H,14,15). The third kappa shape index (κ3) is 1.61. The van der Waals surface area contributed by atoms with E-state index in [1.165, 1.54) is 12.8 Å².